The fraction of sp³-hybridized carbons (Fsp3) is 0.515. The maximum atomic E-state index is 15.0. The summed E-state index contributed by atoms with van der Waals surface area (Å²) in [5.41, 5.74) is 0.756. The molecule has 1 fully saturated rings. The molecule has 2 aromatic heterocycles. The number of nitrogens with one attached hydrogen (secondary N) is 1. The summed E-state index contributed by atoms with van der Waals surface area (Å²) in [5.74, 6) is -1.25. The molecule has 45 heavy (non-hydrogen) atoms. The normalized spacial score (nSPS) is 24.0. The highest BCUT2D eigenvalue weighted by molar-refractivity contribution is 5.90. The number of alkyl carbamates (subject to hydrolysis) is 1. The highest BCUT2D eigenvalue weighted by atomic mass is 19.1. The maximum absolute atomic E-state index is 15.0. The number of aliphatic hydroxyl groups is 1. The van der Waals surface area contributed by atoms with E-state index in [-0.39, 0.29) is 48.0 Å². The second kappa shape index (κ2) is 10.8. The SMILES string of the molecule is CC[C@@]1(O)C(=O)OCc2c1cc1n(c2=O)Cc2c-1nc1cc(F)c(OC)cc1c2C[N+]1(C)CCC(NC(=O)OC(C)(C)C)CC1. The minimum Gasteiger partial charge on any atom is -0.494 e. The van der Waals surface area contributed by atoms with E-state index in [1.165, 1.54) is 13.2 Å². The summed E-state index contributed by atoms with van der Waals surface area (Å²) in [6, 6.07) is 4.65. The van der Waals surface area contributed by atoms with Gasteiger partial charge in [-0.2, -0.15) is 0 Å². The number of benzene rings is 1. The van der Waals surface area contributed by atoms with Crippen LogP contribution in [0.2, 0.25) is 0 Å². The van der Waals surface area contributed by atoms with Crippen molar-refractivity contribution in [3.8, 4) is 17.1 Å². The number of rotatable bonds is 5. The highest BCUT2D eigenvalue weighted by Crippen LogP contribution is 2.42. The fourth-order valence-electron chi connectivity index (χ4n) is 6.85. The number of pyridine rings is 2. The Morgan fingerprint density at radius 3 is 2.58 bits per heavy atom. The molecule has 0 aliphatic carbocycles. The molecule has 6 rings (SSSR count). The van der Waals surface area contributed by atoms with Crippen LogP contribution in [0.4, 0.5) is 9.18 Å². The number of halogens is 1. The van der Waals surface area contributed by atoms with Gasteiger partial charge in [-0.25, -0.2) is 19.0 Å². The minimum absolute atomic E-state index is 0.0171. The van der Waals surface area contributed by atoms with Crippen LogP contribution in [0.5, 0.6) is 5.75 Å². The second-order valence-electron chi connectivity index (χ2n) is 13.7. The first-order valence-corrected chi connectivity index (χ1v) is 15.4. The minimum atomic E-state index is -1.94. The average molecular weight is 624 g/mol. The van der Waals surface area contributed by atoms with Crippen LogP contribution >= 0.6 is 0 Å². The van der Waals surface area contributed by atoms with Crippen molar-refractivity contribution in [2.75, 3.05) is 27.2 Å². The lowest BCUT2D eigenvalue weighted by Gasteiger charge is -2.41. The van der Waals surface area contributed by atoms with Gasteiger partial charge < -0.3 is 33.7 Å². The van der Waals surface area contributed by atoms with Crippen LogP contribution in [0.25, 0.3) is 22.3 Å². The summed E-state index contributed by atoms with van der Waals surface area (Å²) in [6.07, 6.45) is 1.10. The van der Waals surface area contributed by atoms with E-state index in [1.807, 2.05) is 20.8 Å². The summed E-state index contributed by atoms with van der Waals surface area (Å²) in [6.45, 7) is 9.27. The number of likely N-dealkylation sites (tertiary alicyclic amines) is 1. The van der Waals surface area contributed by atoms with Crippen LogP contribution in [-0.4, -0.2) is 70.1 Å². The Morgan fingerprint density at radius 2 is 1.93 bits per heavy atom. The van der Waals surface area contributed by atoms with Gasteiger partial charge in [0.2, 0.25) is 0 Å². The van der Waals surface area contributed by atoms with Crippen molar-refractivity contribution in [1.29, 1.82) is 0 Å². The van der Waals surface area contributed by atoms with Crippen LogP contribution in [0.15, 0.2) is 23.0 Å². The average Bonchev–Trinajstić information content (AvgIpc) is 3.34. The Bertz CT molecular complexity index is 1790. The quantitative estimate of drug-likeness (QED) is 0.253. The molecule has 1 atom stereocenters. The van der Waals surface area contributed by atoms with E-state index < -0.39 is 29.1 Å². The van der Waals surface area contributed by atoms with Crippen molar-refractivity contribution in [2.45, 2.75) is 83.9 Å². The molecule has 5 heterocycles. The molecule has 0 spiro atoms. The third kappa shape index (κ3) is 5.33. The lowest BCUT2D eigenvalue weighted by Crippen LogP contribution is -2.54. The van der Waals surface area contributed by atoms with Gasteiger partial charge in [0.05, 0.1) is 56.3 Å². The molecular formula is C33H40FN4O7+. The number of fused-ring (bicyclic) bond motifs is 5. The third-order valence-corrected chi connectivity index (χ3v) is 9.37. The summed E-state index contributed by atoms with van der Waals surface area (Å²) < 4.78 is 33.2. The molecule has 12 heteroatoms. The summed E-state index contributed by atoms with van der Waals surface area (Å²) in [5, 5.41) is 15.0. The number of aromatic nitrogens is 2. The van der Waals surface area contributed by atoms with Gasteiger partial charge in [0, 0.05) is 47.0 Å². The number of methoxy groups -OCH3 is 1. The van der Waals surface area contributed by atoms with Gasteiger partial charge >= 0.3 is 12.1 Å². The van der Waals surface area contributed by atoms with Crippen molar-refractivity contribution in [1.82, 2.24) is 14.9 Å². The summed E-state index contributed by atoms with van der Waals surface area (Å²) >= 11 is 0. The Labute approximate surface area is 260 Å². The molecule has 3 aliphatic heterocycles. The number of ether oxygens (including phenoxy) is 3. The van der Waals surface area contributed by atoms with Crippen LogP contribution in [0, 0.1) is 5.82 Å². The van der Waals surface area contributed by atoms with Gasteiger partial charge in [-0.05, 0) is 39.3 Å². The first kappa shape index (κ1) is 31.0. The summed E-state index contributed by atoms with van der Waals surface area (Å²) in [7, 11) is 3.57. The Morgan fingerprint density at radius 1 is 1.22 bits per heavy atom. The molecule has 0 saturated carbocycles. The standard InChI is InChI=1S/C33H39FN4O7/c1-7-33(42)23-13-26-28-20(15-37(26)29(39)22(23)17-44-30(33)40)21(19-12-27(43-6)24(34)14-25(19)36-28)16-38(5)10-8-18(9-11-38)35-31(41)45-32(2,3)4/h12-14,18,42H,7-11,15-17H2,1-6H3/p+1/t18?,33-,38?/m0/s1. The maximum Gasteiger partial charge on any atom is 0.407 e. The van der Waals surface area contributed by atoms with Crippen LogP contribution in [0.3, 0.4) is 0 Å². The van der Waals surface area contributed by atoms with Crippen molar-refractivity contribution in [2.24, 2.45) is 0 Å². The van der Waals surface area contributed by atoms with E-state index in [2.05, 4.69) is 12.4 Å². The molecule has 11 nitrogen and oxygen atoms in total. The van der Waals surface area contributed by atoms with E-state index >= 15 is 4.39 Å². The van der Waals surface area contributed by atoms with E-state index in [0.29, 0.717) is 27.9 Å². The van der Waals surface area contributed by atoms with Crippen molar-refractivity contribution in [3.05, 3.63) is 56.6 Å². The number of esters is 1. The molecule has 0 bridgehead atoms. The zero-order valence-corrected chi connectivity index (χ0v) is 26.6. The predicted molar refractivity (Wildman–Crippen MR) is 163 cm³/mol. The molecule has 0 unspecified atom stereocenters. The van der Waals surface area contributed by atoms with Crippen LogP contribution in [0.1, 0.15) is 69.2 Å². The predicted octanol–water partition coefficient (Wildman–Crippen LogP) is 3.86. The monoisotopic (exact) mass is 623 g/mol. The number of piperidine rings is 1. The van der Waals surface area contributed by atoms with Crippen LogP contribution in [-0.2, 0) is 39.6 Å². The Balaban J connectivity index is 1.41. The van der Waals surface area contributed by atoms with Crippen molar-refractivity contribution < 1.29 is 37.8 Å². The molecule has 240 valence electrons. The second-order valence-corrected chi connectivity index (χ2v) is 13.7. The first-order valence-electron chi connectivity index (χ1n) is 15.4. The van der Waals surface area contributed by atoms with Gasteiger partial charge in [0.15, 0.2) is 17.2 Å². The number of carbonyl (C=O) groups is 2. The van der Waals surface area contributed by atoms with Crippen molar-refractivity contribution >= 4 is 23.0 Å². The van der Waals surface area contributed by atoms with Gasteiger partial charge in [0.25, 0.3) is 5.56 Å². The molecule has 2 N–H and O–H groups in total. The van der Waals surface area contributed by atoms with E-state index in [0.717, 1.165) is 42.4 Å². The zero-order valence-electron chi connectivity index (χ0n) is 26.6. The van der Waals surface area contributed by atoms with Gasteiger partial charge in [0.1, 0.15) is 18.8 Å². The molecule has 0 radical (unpaired) electrons. The smallest absolute Gasteiger partial charge is 0.407 e. The zero-order chi connectivity index (χ0) is 32.5. The molecular weight excluding hydrogens is 583 g/mol. The third-order valence-electron chi connectivity index (χ3n) is 9.37. The van der Waals surface area contributed by atoms with Gasteiger partial charge in [-0.3, -0.25) is 4.79 Å². The fourth-order valence-corrected chi connectivity index (χ4v) is 6.85. The van der Waals surface area contributed by atoms with Gasteiger partial charge in [-0.15, -0.1) is 0 Å². The first-order chi connectivity index (χ1) is 21.2. The Hall–Kier alpha value is -4.03. The number of hydrogen-bond acceptors (Lipinski definition) is 8. The number of nitrogens with zero attached hydrogens (tertiary/aromatic N) is 3. The van der Waals surface area contributed by atoms with E-state index in [9.17, 15) is 19.5 Å². The number of amides is 1. The molecule has 3 aromatic rings. The lowest BCUT2D eigenvalue weighted by atomic mass is 9.86. The number of cyclic esters (lactones) is 1. The Kier molecular flexibility index (Phi) is 7.43. The van der Waals surface area contributed by atoms with Gasteiger partial charge in [-0.1, -0.05) is 6.92 Å². The number of quaternary nitrogens is 1. The molecule has 1 aromatic carbocycles. The number of carbonyl (C=O) groups excluding carboxylic acids is 2. The number of hydrogen-bond donors (Lipinski definition) is 2. The van der Waals surface area contributed by atoms with E-state index in [1.54, 1.807) is 23.6 Å². The molecule has 3 aliphatic rings. The topological polar surface area (TPSA) is 129 Å². The lowest BCUT2D eigenvalue weighted by molar-refractivity contribution is -0.927. The summed E-state index contributed by atoms with van der Waals surface area (Å²) in [4.78, 5) is 43.7. The highest BCUT2D eigenvalue weighted by Gasteiger charge is 2.46. The van der Waals surface area contributed by atoms with E-state index in [4.69, 9.17) is 19.2 Å². The van der Waals surface area contributed by atoms with Crippen molar-refractivity contribution in [3.63, 3.8) is 0 Å². The molecule has 1 saturated heterocycles. The molecule has 1 amide bonds. The largest absolute Gasteiger partial charge is 0.494 e. The van der Waals surface area contributed by atoms with Crippen LogP contribution < -0.4 is 15.6 Å².